The van der Waals surface area contributed by atoms with Crippen LogP contribution in [-0.4, -0.2) is 9.97 Å². The molecule has 0 N–H and O–H groups in total. The average Bonchev–Trinajstić information content (AvgIpc) is 2.44. The Morgan fingerprint density at radius 2 is 1.70 bits per heavy atom. The molecule has 0 amide bonds. The first kappa shape index (κ1) is 13.8. The van der Waals surface area contributed by atoms with E-state index in [0.717, 1.165) is 15.2 Å². The SMILES string of the molecule is Clc1ncnc(Oc2ccc3cc(Br)ccc3c2)c1Br. The van der Waals surface area contributed by atoms with Crippen LogP contribution >= 0.6 is 43.5 Å². The van der Waals surface area contributed by atoms with Gasteiger partial charge in [0.05, 0.1) is 0 Å². The number of nitrogens with zero attached hydrogens (tertiary/aromatic N) is 2. The molecular weight excluding hydrogens is 407 g/mol. The zero-order chi connectivity index (χ0) is 14.1. The fraction of sp³-hybridized carbons (Fsp3) is 0. The van der Waals surface area contributed by atoms with Crippen LogP contribution in [0.2, 0.25) is 5.15 Å². The van der Waals surface area contributed by atoms with Crippen LogP contribution in [0.4, 0.5) is 0 Å². The zero-order valence-corrected chi connectivity index (χ0v) is 13.9. The van der Waals surface area contributed by atoms with Gasteiger partial charge in [0.15, 0.2) is 5.15 Å². The fourth-order valence-electron chi connectivity index (χ4n) is 1.77. The lowest BCUT2D eigenvalue weighted by molar-refractivity contribution is 0.459. The van der Waals surface area contributed by atoms with Crippen molar-refractivity contribution < 1.29 is 4.74 Å². The Morgan fingerprint density at radius 1 is 0.950 bits per heavy atom. The van der Waals surface area contributed by atoms with Crippen LogP contribution in [0.25, 0.3) is 10.8 Å². The van der Waals surface area contributed by atoms with Crippen LogP contribution in [0, 0.1) is 0 Å². The van der Waals surface area contributed by atoms with Gasteiger partial charge in [-0.05, 0) is 51.0 Å². The molecule has 0 unspecified atom stereocenters. The molecule has 0 aliphatic rings. The third-order valence-electron chi connectivity index (χ3n) is 2.70. The Labute approximate surface area is 137 Å². The Hall–Kier alpha value is -1.17. The third-order valence-corrected chi connectivity index (χ3v) is 4.43. The number of rotatable bonds is 2. The predicted molar refractivity (Wildman–Crippen MR) is 86.5 cm³/mol. The van der Waals surface area contributed by atoms with Crippen LogP contribution in [0.1, 0.15) is 0 Å². The van der Waals surface area contributed by atoms with E-state index in [1.807, 2.05) is 30.3 Å². The number of hydrogen-bond acceptors (Lipinski definition) is 3. The lowest BCUT2D eigenvalue weighted by Crippen LogP contribution is -1.91. The Bertz CT molecular complexity index is 795. The summed E-state index contributed by atoms with van der Waals surface area (Å²) in [5, 5.41) is 2.54. The second-order valence-electron chi connectivity index (χ2n) is 4.04. The second kappa shape index (κ2) is 5.68. The molecule has 1 heterocycles. The minimum atomic E-state index is 0.319. The summed E-state index contributed by atoms with van der Waals surface area (Å²) in [6, 6.07) is 11.9. The maximum atomic E-state index is 5.91. The minimum Gasteiger partial charge on any atom is -0.438 e. The molecular formula is C14H7Br2ClN2O. The monoisotopic (exact) mass is 412 g/mol. The number of ether oxygens (including phenoxy) is 1. The molecule has 0 bridgehead atoms. The highest BCUT2D eigenvalue weighted by Gasteiger charge is 2.09. The van der Waals surface area contributed by atoms with E-state index in [9.17, 15) is 0 Å². The number of benzene rings is 2. The van der Waals surface area contributed by atoms with Crippen molar-refractivity contribution >= 4 is 54.2 Å². The van der Waals surface area contributed by atoms with Crippen molar-refractivity contribution in [1.82, 2.24) is 9.97 Å². The average molecular weight is 414 g/mol. The number of hydrogen-bond donors (Lipinski definition) is 0. The summed E-state index contributed by atoms with van der Waals surface area (Å²) in [7, 11) is 0. The van der Waals surface area contributed by atoms with E-state index in [-0.39, 0.29) is 0 Å². The van der Waals surface area contributed by atoms with Gasteiger partial charge in [-0.1, -0.05) is 39.7 Å². The molecule has 0 spiro atoms. The van der Waals surface area contributed by atoms with Crippen LogP contribution < -0.4 is 4.74 Å². The molecule has 2 aromatic carbocycles. The highest BCUT2D eigenvalue weighted by Crippen LogP contribution is 2.33. The van der Waals surface area contributed by atoms with Gasteiger partial charge < -0.3 is 4.74 Å². The molecule has 1 aromatic heterocycles. The van der Waals surface area contributed by atoms with Crippen molar-refractivity contribution in [3.8, 4) is 11.6 Å². The maximum Gasteiger partial charge on any atom is 0.238 e. The fourth-order valence-corrected chi connectivity index (χ4v) is 2.56. The Kier molecular flexibility index (Phi) is 3.92. The number of aromatic nitrogens is 2. The largest absolute Gasteiger partial charge is 0.438 e. The molecule has 100 valence electrons. The summed E-state index contributed by atoms with van der Waals surface area (Å²) in [6.45, 7) is 0. The normalized spacial score (nSPS) is 10.8. The highest BCUT2D eigenvalue weighted by molar-refractivity contribution is 9.10. The number of fused-ring (bicyclic) bond motifs is 1. The van der Waals surface area contributed by atoms with E-state index >= 15 is 0 Å². The van der Waals surface area contributed by atoms with Crippen molar-refractivity contribution in [1.29, 1.82) is 0 Å². The van der Waals surface area contributed by atoms with E-state index in [0.29, 0.717) is 21.3 Å². The van der Waals surface area contributed by atoms with Crippen LogP contribution in [-0.2, 0) is 0 Å². The lowest BCUT2D eigenvalue weighted by atomic mass is 10.1. The first-order chi connectivity index (χ1) is 9.63. The molecule has 3 nitrogen and oxygen atoms in total. The molecule has 0 saturated heterocycles. The molecule has 6 heteroatoms. The van der Waals surface area contributed by atoms with Crippen molar-refractivity contribution in [2.75, 3.05) is 0 Å². The van der Waals surface area contributed by atoms with Gasteiger partial charge in [-0.3, -0.25) is 0 Å². The van der Waals surface area contributed by atoms with Crippen LogP contribution in [0.3, 0.4) is 0 Å². The molecule has 3 rings (SSSR count). The second-order valence-corrected chi connectivity index (χ2v) is 6.11. The molecule has 0 atom stereocenters. The van der Waals surface area contributed by atoms with Gasteiger partial charge in [0.2, 0.25) is 5.88 Å². The van der Waals surface area contributed by atoms with E-state index in [1.165, 1.54) is 6.33 Å². The standard InChI is InChI=1S/C14H7Br2ClN2O/c15-10-3-1-9-6-11(4-2-8(9)5-10)20-14-12(16)13(17)18-7-19-14/h1-7H. The summed E-state index contributed by atoms with van der Waals surface area (Å²) in [6.07, 6.45) is 1.36. The van der Waals surface area contributed by atoms with E-state index < -0.39 is 0 Å². The zero-order valence-electron chi connectivity index (χ0n) is 9.98. The van der Waals surface area contributed by atoms with Gasteiger partial charge in [-0.25, -0.2) is 9.97 Å². The topological polar surface area (TPSA) is 35.0 Å². The summed E-state index contributed by atoms with van der Waals surface area (Å²) < 4.78 is 7.32. The first-order valence-electron chi connectivity index (χ1n) is 5.66. The molecule has 20 heavy (non-hydrogen) atoms. The van der Waals surface area contributed by atoms with Crippen LogP contribution in [0.15, 0.2) is 51.7 Å². The highest BCUT2D eigenvalue weighted by atomic mass is 79.9. The summed E-state index contributed by atoms with van der Waals surface area (Å²) in [5.74, 6) is 1.08. The first-order valence-corrected chi connectivity index (χ1v) is 7.63. The number of halogens is 3. The minimum absolute atomic E-state index is 0.319. The summed E-state index contributed by atoms with van der Waals surface area (Å²) >= 11 is 12.7. The van der Waals surface area contributed by atoms with Gasteiger partial charge in [0, 0.05) is 4.47 Å². The Morgan fingerprint density at radius 3 is 2.55 bits per heavy atom. The molecule has 3 aromatic rings. The van der Waals surface area contributed by atoms with Gasteiger partial charge in [0.1, 0.15) is 16.5 Å². The van der Waals surface area contributed by atoms with Crippen molar-refractivity contribution in [2.45, 2.75) is 0 Å². The summed E-state index contributed by atoms with van der Waals surface area (Å²) in [5.41, 5.74) is 0. The summed E-state index contributed by atoms with van der Waals surface area (Å²) in [4.78, 5) is 7.92. The van der Waals surface area contributed by atoms with E-state index in [1.54, 1.807) is 0 Å². The van der Waals surface area contributed by atoms with Gasteiger partial charge in [-0.15, -0.1) is 0 Å². The molecule has 0 radical (unpaired) electrons. The molecule has 0 aliphatic carbocycles. The molecule has 0 aliphatic heterocycles. The maximum absolute atomic E-state index is 5.91. The van der Waals surface area contributed by atoms with Gasteiger partial charge in [0.25, 0.3) is 0 Å². The molecule has 0 saturated carbocycles. The predicted octanol–water partition coefficient (Wildman–Crippen LogP) is 5.60. The molecule has 0 fully saturated rings. The van der Waals surface area contributed by atoms with E-state index in [2.05, 4.69) is 47.9 Å². The van der Waals surface area contributed by atoms with Gasteiger partial charge >= 0.3 is 0 Å². The smallest absolute Gasteiger partial charge is 0.238 e. The van der Waals surface area contributed by atoms with Crippen molar-refractivity contribution in [3.63, 3.8) is 0 Å². The lowest BCUT2D eigenvalue weighted by Gasteiger charge is -2.08. The third kappa shape index (κ3) is 2.80. The van der Waals surface area contributed by atoms with E-state index in [4.69, 9.17) is 16.3 Å². The quantitative estimate of drug-likeness (QED) is 0.512. The van der Waals surface area contributed by atoms with Crippen molar-refractivity contribution in [2.24, 2.45) is 0 Å². The van der Waals surface area contributed by atoms with Crippen LogP contribution in [0.5, 0.6) is 11.6 Å². The van der Waals surface area contributed by atoms with Gasteiger partial charge in [-0.2, -0.15) is 0 Å². The Balaban J connectivity index is 1.99. The van der Waals surface area contributed by atoms with Crippen molar-refractivity contribution in [3.05, 3.63) is 56.8 Å².